The molecule has 1 saturated heterocycles. The Morgan fingerprint density at radius 2 is 2.24 bits per heavy atom. The molecule has 6 heteroatoms. The number of hydrogen-bond donors (Lipinski definition) is 2. The molecule has 0 bridgehead atoms. The minimum absolute atomic E-state index is 0. The first-order chi connectivity index (χ1) is 9.75. The van der Waals surface area contributed by atoms with Gasteiger partial charge in [-0.1, -0.05) is 12.1 Å². The molecule has 2 rings (SSSR count). The molecular formula is C15H22BrClN2OS. The van der Waals surface area contributed by atoms with E-state index in [1.807, 2.05) is 18.2 Å². The third-order valence-electron chi connectivity index (χ3n) is 3.46. The summed E-state index contributed by atoms with van der Waals surface area (Å²) in [6.07, 6.45) is 2.92. The van der Waals surface area contributed by atoms with Crippen LogP contribution in [0.4, 0.5) is 0 Å². The maximum atomic E-state index is 11.7. The molecule has 1 heterocycles. The van der Waals surface area contributed by atoms with Crippen LogP contribution in [0.5, 0.6) is 0 Å². The Kier molecular flexibility index (Phi) is 9.40. The van der Waals surface area contributed by atoms with Crippen molar-refractivity contribution in [3.05, 3.63) is 28.7 Å². The second kappa shape index (κ2) is 10.5. The lowest BCUT2D eigenvalue weighted by Gasteiger charge is -2.09. The molecule has 3 nitrogen and oxygen atoms in total. The Hall–Kier alpha value is -0.230. The van der Waals surface area contributed by atoms with E-state index in [1.165, 1.54) is 11.3 Å². The lowest BCUT2D eigenvalue weighted by atomic mass is 10.1. The van der Waals surface area contributed by atoms with Crippen LogP contribution >= 0.6 is 40.1 Å². The van der Waals surface area contributed by atoms with Crippen LogP contribution in [0, 0.1) is 5.92 Å². The molecule has 0 aliphatic carbocycles. The van der Waals surface area contributed by atoms with Crippen LogP contribution in [-0.2, 0) is 4.79 Å². The van der Waals surface area contributed by atoms with E-state index in [1.54, 1.807) is 11.8 Å². The summed E-state index contributed by atoms with van der Waals surface area (Å²) >= 11 is 5.23. The zero-order valence-electron chi connectivity index (χ0n) is 11.9. The van der Waals surface area contributed by atoms with E-state index >= 15 is 0 Å². The van der Waals surface area contributed by atoms with Crippen molar-refractivity contribution >= 4 is 46.0 Å². The fraction of sp³-hybridized carbons (Fsp3) is 0.533. The third-order valence-corrected chi connectivity index (χ3v) is 5.49. The van der Waals surface area contributed by atoms with Gasteiger partial charge >= 0.3 is 0 Å². The van der Waals surface area contributed by atoms with Gasteiger partial charge in [0.15, 0.2) is 0 Å². The smallest absolute Gasteiger partial charge is 0.220 e. The summed E-state index contributed by atoms with van der Waals surface area (Å²) in [5.41, 5.74) is 0. The van der Waals surface area contributed by atoms with Crippen molar-refractivity contribution in [1.82, 2.24) is 10.6 Å². The largest absolute Gasteiger partial charge is 0.356 e. The predicted molar refractivity (Wildman–Crippen MR) is 95.3 cm³/mol. The van der Waals surface area contributed by atoms with Crippen molar-refractivity contribution in [2.45, 2.75) is 24.2 Å². The Morgan fingerprint density at radius 3 is 2.95 bits per heavy atom. The van der Waals surface area contributed by atoms with Crippen LogP contribution in [0.25, 0.3) is 0 Å². The van der Waals surface area contributed by atoms with E-state index in [2.05, 4.69) is 32.6 Å². The maximum Gasteiger partial charge on any atom is 0.220 e. The highest BCUT2D eigenvalue weighted by Gasteiger charge is 2.14. The fourth-order valence-electron chi connectivity index (χ4n) is 2.28. The summed E-state index contributed by atoms with van der Waals surface area (Å²) in [5.74, 6) is 1.72. The van der Waals surface area contributed by atoms with E-state index in [-0.39, 0.29) is 18.3 Å². The number of amides is 1. The topological polar surface area (TPSA) is 41.1 Å². The fourth-order valence-corrected chi connectivity index (χ4v) is 3.80. The van der Waals surface area contributed by atoms with Gasteiger partial charge in [0.05, 0.1) is 0 Å². The van der Waals surface area contributed by atoms with Gasteiger partial charge in [-0.3, -0.25) is 4.79 Å². The summed E-state index contributed by atoms with van der Waals surface area (Å²) < 4.78 is 1.10. The second-order valence-electron chi connectivity index (χ2n) is 5.03. The van der Waals surface area contributed by atoms with Crippen LogP contribution in [-0.4, -0.2) is 31.3 Å². The number of halogens is 2. The average molecular weight is 394 g/mol. The molecule has 2 N–H and O–H groups in total. The Bertz CT molecular complexity index is 441. The minimum Gasteiger partial charge on any atom is -0.356 e. The molecule has 1 atom stereocenters. The van der Waals surface area contributed by atoms with Gasteiger partial charge in [-0.25, -0.2) is 0 Å². The van der Waals surface area contributed by atoms with E-state index in [4.69, 9.17) is 0 Å². The molecule has 1 aliphatic heterocycles. The van der Waals surface area contributed by atoms with Gasteiger partial charge in [-0.05, 0) is 59.9 Å². The van der Waals surface area contributed by atoms with Crippen molar-refractivity contribution < 1.29 is 4.79 Å². The van der Waals surface area contributed by atoms with Crippen molar-refractivity contribution in [3.8, 4) is 0 Å². The van der Waals surface area contributed by atoms with Crippen molar-refractivity contribution in [3.63, 3.8) is 0 Å². The quantitative estimate of drug-likeness (QED) is 0.697. The molecule has 1 amide bonds. The Balaban J connectivity index is 0.00000220. The first-order valence-corrected chi connectivity index (χ1v) is 8.88. The number of thioether (sulfide) groups is 1. The van der Waals surface area contributed by atoms with Gasteiger partial charge in [0.25, 0.3) is 0 Å². The number of nitrogens with one attached hydrogen (secondary N) is 2. The van der Waals surface area contributed by atoms with E-state index in [0.29, 0.717) is 6.42 Å². The van der Waals surface area contributed by atoms with Gasteiger partial charge in [0, 0.05) is 28.1 Å². The van der Waals surface area contributed by atoms with Gasteiger partial charge in [0.1, 0.15) is 0 Å². The van der Waals surface area contributed by atoms with Crippen LogP contribution in [0.2, 0.25) is 0 Å². The van der Waals surface area contributed by atoms with Gasteiger partial charge in [-0.15, -0.1) is 24.2 Å². The molecule has 21 heavy (non-hydrogen) atoms. The monoisotopic (exact) mass is 392 g/mol. The summed E-state index contributed by atoms with van der Waals surface area (Å²) in [5, 5.41) is 6.37. The average Bonchev–Trinajstić information content (AvgIpc) is 2.94. The molecule has 1 aromatic carbocycles. The number of hydrogen-bond acceptors (Lipinski definition) is 3. The van der Waals surface area contributed by atoms with Crippen LogP contribution < -0.4 is 10.6 Å². The molecule has 1 aromatic rings. The molecule has 0 spiro atoms. The molecule has 1 fully saturated rings. The van der Waals surface area contributed by atoms with E-state index in [9.17, 15) is 4.79 Å². The van der Waals surface area contributed by atoms with Crippen molar-refractivity contribution in [1.29, 1.82) is 0 Å². The zero-order valence-corrected chi connectivity index (χ0v) is 15.2. The number of benzene rings is 1. The summed E-state index contributed by atoms with van der Waals surface area (Å²) in [6.45, 7) is 3.04. The Morgan fingerprint density at radius 1 is 1.43 bits per heavy atom. The highest BCUT2D eigenvalue weighted by Crippen LogP contribution is 2.27. The first-order valence-electron chi connectivity index (χ1n) is 7.10. The highest BCUT2D eigenvalue weighted by atomic mass is 79.9. The van der Waals surface area contributed by atoms with Crippen LogP contribution in [0.15, 0.2) is 33.6 Å². The molecule has 1 aliphatic rings. The predicted octanol–water partition coefficient (Wildman–Crippen LogP) is 3.47. The number of rotatable bonds is 7. The third kappa shape index (κ3) is 7.04. The molecular weight excluding hydrogens is 372 g/mol. The summed E-state index contributed by atoms with van der Waals surface area (Å²) in [4.78, 5) is 12.9. The van der Waals surface area contributed by atoms with Gasteiger partial charge < -0.3 is 10.6 Å². The van der Waals surface area contributed by atoms with Crippen molar-refractivity contribution in [2.24, 2.45) is 5.92 Å². The lowest BCUT2D eigenvalue weighted by Crippen LogP contribution is -2.26. The SMILES string of the molecule is Cl.O=C(CCSc1ccccc1Br)NCCC1CCNC1. The number of carbonyl (C=O) groups is 1. The Labute approximate surface area is 145 Å². The zero-order chi connectivity index (χ0) is 14.2. The standard InChI is InChI=1S/C15H21BrN2OS.ClH/c16-13-3-1-2-4-14(13)20-10-7-15(19)18-9-6-12-5-8-17-11-12;/h1-4,12,17H,5-11H2,(H,18,19);1H. The highest BCUT2D eigenvalue weighted by molar-refractivity contribution is 9.10. The van der Waals surface area contributed by atoms with Crippen LogP contribution in [0.3, 0.4) is 0 Å². The lowest BCUT2D eigenvalue weighted by molar-refractivity contribution is -0.120. The molecule has 0 aromatic heterocycles. The number of carbonyl (C=O) groups excluding carboxylic acids is 1. The van der Waals surface area contributed by atoms with E-state index in [0.717, 1.165) is 42.2 Å². The normalized spacial score (nSPS) is 17.3. The molecule has 0 radical (unpaired) electrons. The van der Waals surface area contributed by atoms with Gasteiger partial charge in [-0.2, -0.15) is 0 Å². The second-order valence-corrected chi connectivity index (χ2v) is 7.02. The van der Waals surface area contributed by atoms with Gasteiger partial charge in [0.2, 0.25) is 5.91 Å². The van der Waals surface area contributed by atoms with Crippen LogP contribution in [0.1, 0.15) is 19.3 Å². The summed E-state index contributed by atoms with van der Waals surface area (Å²) in [6, 6.07) is 8.11. The molecule has 0 saturated carbocycles. The van der Waals surface area contributed by atoms with E-state index < -0.39 is 0 Å². The minimum atomic E-state index is 0. The molecule has 118 valence electrons. The van der Waals surface area contributed by atoms with Crippen molar-refractivity contribution in [2.75, 3.05) is 25.4 Å². The maximum absolute atomic E-state index is 11.7. The first kappa shape index (κ1) is 18.8. The molecule has 1 unspecified atom stereocenters. The summed E-state index contributed by atoms with van der Waals surface area (Å²) in [7, 11) is 0.